The third kappa shape index (κ3) is 2.64. The van der Waals surface area contributed by atoms with Gasteiger partial charge < -0.3 is 10.2 Å². The molecule has 1 amide bonds. The number of benzene rings is 1. The predicted octanol–water partition coefficient (Wildman–Crippen LogP) is 1.18. The Kier molecular flexibility index (Phi) is 3.19. The lowest BCUT2D eigenvalue weighted by Crippen LogP contribution is -2.09. The molecule has 1 rings (SSSR count). The standard InChI is InChI=1S/C8H8N2O5/c11-4-5-1-2-6(9-8(12)13)7(3-5)10(14)15/h1-3,9,11H,4H2,(H,12,13). The maximum atomic E-state index is 10.6. The summed E-state index contributed by atoms with van der Waals surface area (Å²) in [6.45, 7) is -0.339. The molecule has 0 spiro atoms. The molecule has 0 unspecified atom stereocenters. The summed E-state index contributed by atoms with van der Waals surface area (Å²) in [5.74, 6) is 0. The Balaban J connectivity index is 3.15. The van der Waals surface area contributed by atoms with Gasteiger partial charge in [-0.1, -0.05) is 6.07 Å². The van der Waals surface area contributed by atoms with E-state index in [0.717, 1.165) is 6.07 Å². The van der Waals surface area contributed by atoms with Gasteiger partial charge in [0.15, 0.2) is 0 Å². The Morgan fingerprint density at radius 3 is 2.67 bits per heavy atom. The van der Waals surface area contributed by atoms with Crippen LogP contribution in [-0.2, 0) is 6.61 Å². The zero-order valence-electron chi connectivity index (χ0n) is 7.51. The van der Waals surface area contributed by atoms with Gasteiger partial charge in [-0.15, -0.1) is 0 Å². The van der Waals surface area contributed by atoms with Gasteiger partial charge >= 0.3 is 6.09 Å². The molecule has 1 aromatic carbocycles. The fraction of sp³-hybridized carbons (Fsp3) is 0.125. The average Bonchev–Trinajstić information content (AvgIpc) is 2.17. The number of rotatable bonds is 3. The van der Waals surface area contributed by atoms with Crippen LogP contribution in [0.3, 0.4) is 0 Å². The number of carboxylic acid groups (broad SMARTS) is 1. The maximum Gasteiger partial charge on any atom is 0.409 e. The molecule has 80 valence electrons. The molecule has 0 bridgehead atoms. The van der Waals surface area contributed by atoms with E-state index in [9.17, 15) is 14.9 Å². The molecule has 0 heterocycles. The van der Waals surface area contributed by atoms with Crippen molar-refractivity contribution in [3.8, 4) is 0 Å². The molecule has 15 heavy (non-hydrogen) atoms. The number of aliphatic hydroxyl groups excluding tert-OH is 1. The van der Waals surface area contributed by atoms with Crippen LogP contribution in [0.25, 0.3) is 0 Å². The summed E-state index contributed by atoms with van der Waals surface area (Å²) in [6, 6.07) is 3.75. The van der Waals surface area contributed by atoms with Gasteiger partial charge in [0.25, 0.3) is 5.69 Å². The Morgan fingerprint density at radius 2 is 2.20 bits per heavy atom. The molecular formula is C8H8N2O5. The monoisotopic (exact) mass is 212 g/mol. The lowest BCUT2D eigenvalue weighted by Gasteiger charge is -2.03. The molecule has 0 saturated carbocycles. The van der Waals surface area contributed by atoms with Crippen LogP contribution in [-0.4, -0.2) is 21.2 Å². The van der Waals surface area contributed by atoms with Crippen molar-refractivity contribution in [2.75, 3.05) is 5.32 Å². The van der Waals surface area contributed by atoms with E-state index in [2.05, 4.69) is 0 Å². The minimum absolute atomic E-state index is 0.121. The van der Waals surface area contributed by atoms with Crippen molar-refractivity contribution in [2.24, 2.45) is 0 Å². The highest BCUT2D eigenvalue weighted by molar-refractivity contribution is 5.86. The number of carbonyl (C=O) groups is 1. The summed E-state index contributed by atoms with van der Waals surface area (Å²) in [7, 11) is 0. The van der Waals surface area contributed by atoms with Crippen molar-refractivity contribution >= 4 is 17.5 Å². The first-order chi connectivity index (χ1) is 7.04. The number of nitrogens with one attached hydrogen (secondary N) is 1. The largest absolute Gasteiger partial charge is 0.465 e. The topological polar surface area (TPSA) is 113 Å². The molecule has 0 saturated heterocycles. The molecule has 1 aromatic rings. The molecule has 7 heteroatoms. The van der Waals surface area contributed by atoms with Crippen molar-refractivity contribution in [3.05, 3.63) is 33.9 Å². The molecule has 0 atom stereocenters. The number of hydrogen-bond acceptors (Lipinski definition) is 4. The lowest BCUT2D eigenvalue weighted by molar-refractivity contribution is -0.384. The fourth-order valence-corrected chi connectivity index (χ4v) is 1.05. The zero-order chi connectivity index (χ0) is 11.4. The van der Waals surface area contributed by atoms with Gasteiger partial charge in [-0.3, -0.25) is 15.4 Å². The molecular weight excluding hydrogens is 204 g/mol. The molecule has 0 aliphatic carbocycles. The van der Waals surface area contributed by atoms with Crippen molar-refractivity contribution in [1.29, 1.82) is 0 Å². The second kappa shape index (κ2) is 4.38. The normalized spacial score (nSPS) is 9.67. The highest BCUT2D eigenvalue weighted by atomic mass is 16.6. The van der Waals surface area contributed by atoms with Crippen LogP contribution in [0.5, 0.6) is 0 Å². The molecule has 7 nitrogen and oxygen atoms in total. The summed E-state index contributed by atoms with van der Waals surface area (Å²) in [5.41, 5.74) is -0.161. The summed E-state index contributed by atoms with van der Waals surface area (Å²) >= 11 is 0. The molecule has 0 aliphatic heterocycles. The van der Waals surface area contributed by atoms with Gasteiger partial charge in [0, 0.05) is 6.07 Å². The Bertz CT molecular complexity index is 404. The van der Waals surface area contributed by atoms with Crippen LogP contribution in [0.4, 0.5) is 16.2 Å². The summed E-state index contributed by atoms with van der Waals surface area (Å²) in [6.07, 6.45) is -1.38. The highest BCUT2D eigenvalue weighted by Crippen LogP contribution is 2.25. The first-order valence-electron chi connectivity index (χ1n) is 3.92. The minimum atomic E-state index is -1.38. The molecule has 0 aliphatic rings. The zero-order valence-corrected chi connectivity index (χ0v) is 7.51. The number of aliphatic hydroxyl groups is 1. The smallest absolute Gasteiger partial charge is 0.409 e. The van der Waals surface area contributed by atoms with Crippen LogP contribution >= 0.6 is 0 Å². The van der Waals surface area contributed by atoms with Gasteiger partial charge in [-0.2, -0.15) is 0 Å². The number of anilines is 1. The second-order valence-corrected chi connectivity index (χ2v) is 2.70. The second-order valence-electron chi connectivity index (χ2n) is 2.70. The Labute approximate surface area is 84.1 Å². The van der Waals surface area contributed by atoms with E-state index in [-0.39, 0.29) is 18.0 Å². The van der Waals surface area contributed by atoms with Gasteiger partial charge in [-0.25, -0.2) is 4.79 Å². The van der Waals surface area contributed by atoms with Gasteiger partial charge in [0.1, 0.15) is 5.69 Å². The fourth-order valence-electron chi connectivity index (χ4n) is 1.05. The van der Waals surface area contributed by atoms with Crippen molar-refractivity contribution < 1.29 is 19.9 Å². The van der Waals surface area contributed by atoms with E-state index in [0.29, 0.717) is 5.56 Å². The highest BCUT2D eigenvalue weighted by Gasteiger charge is 2.15. The van der Waals surface area contributed by atoms with Crippen LogP contribution < -0.4 is 5.32 Å². The first-order valence-corrected chi connectivity index (χ1v) is 3.92. The van der Waals surface area contributed by atoms with E-state index < -0.39 is 11.0 Å². The number of amides is 1. The van der Waals surface area contributed by atoms with Gasteiger partial charge in [0.05, 0.1) is 11.5 Å². The third-order valence-corrected chi connectivity index (χ3v) is 1.68. The van der Waals surface area contributed by atoms with Crippen molar-refractivity contribution in [3.63, 3.8) is 0 Å². The van der Waals surface area contributed by atoms with Crippen LogP contribution in [0.1, 0.15) is 5.56 Å². The maximum absolute atomic E-state index is 10.6. The predicted molar refractivity (Wildman–Crippen MR) is 50.7 cm³/mol. The number of hydrogen-bond donors (Lipinski definition) is 3. The molecule has 0 fully saturated rings. The quantitative estimate of drug-likeness (QED) is 0.514. The van der Waals surface area contributed by atoms with E-state index in [1.807, 2.05) is 5.32 Å². The summed E-state index contributed by atoms with van der Waals surface area (Å²) in [4.78, 5) is 20.2. The lowest BCUT2D eigenvalue weighted by atomic mass is 10.2. The summed E-state index contributed by atoms with van der Waals surface area (Å²) in [5, 5.41) is 29.6. The average molecular weight is 212 g/mol. The number of nitro groups is 1. The van der Waals surface area contributed by atoms with Gasteiger partial charge in [-0.05, 0) is 11.6 Å². The minimum Gasteiger partial charge on any atom is -0.465 e. The Morgan fingerprint density at radius 1 is 1.53 bits per heavy atom. The van der Waals surface area contributed by atoms with Crippen LogP contribution in [0, 0.1) is 10.1 Å². The third-order valence-electron chi connectivity index (χ3n) is 1.68. The summed E-state index contributed by atoms with van der Waals surface area (Å²) < 4.78 is 0. The van der Waals surface area contributed by atoms with Crippen molar-refractivity contribution in [1.82, 2.24) is 0 Å². The molecule has 3 N–H and O–H groups in total. The number of nitro benzene ring substituents is 1. The number of nitrogens with zero attached hydrogens (tertiary/aromatic N) is 1. The molecule has 0 radical (unpaired) electrons. The van der Waals surface area contributed by atoms with E-state index in [1.165, 1.54) is 12.1 Å². The van der Waals surface area contributed by atoms with E-state index in [1.54, 1.807) is 0 Å². The van der Waals surface area contributed by atoms with E-state index in [4.69, 9.17) is 10.2 Å². The Hall–Kier alpha value is -2.15. The first kappa shape index (κ1) is 10.9. The van der Waals surface area contributed by atoms with Crippen LogP contribution in [0.15, 0.2) is 18.2 Å². The van der Waals surface area contributed by atoms with Crippen LogP contribution in [0.2, 0.25) is 0 Å². The SMILES string of the molecule is O=C(O)Nc1ccc(CO)cc1[N+](=O)[O-]. The molecule has 0 aromatic heterocycles. The van der Waals surface area contributed by atoms with Crippen molar-refractivity contribution in [2.45, 2.75) is 6.61 Å². The van der Waals surface area contributed by atoms with Gasteiger partial charge in [0.2, 0.25) is 0 Å². The van der Waals surface area contributed by atoms with E-state index >= 15 is 0 Å².